The first-order chi connectivity index (χ1) is 11.3. The van der Waals surface area contributed by atoms with Crippen LogP contribution in [-0.4, -0.2) is 39.9 Å². The van der Waals surface area contributed by atoms with Crippen molar-refractivity contribution in [1.29, 1.82) is 0 Å². The first-order valence-electron chi connectivity index (χ1n) is 7.64. The van der Waals surface area contributed by atoms with Gasteiger partial charge in [-0.1, -0.05) is 31.4 Å². The van der Waals surface area contributed by atoms with E-state index in [2.05, 4.69) is 22.3 Å². The molecule has 0 aliphatic heterocycles. The van der Waals surface area contributed by atoms with Crippen LogP contribution in [0.25, 0.3) is 0 Å². The molecule has 0 aromatic heterocycles. The number of amides is 2. The molecule has 9 heteroatoms. The molecule has 0 radical (unpaired) electrons. The lowest BCUT2D eigenvalue weighted by Crippen LogP contribution is -2.42. The fourth-order valence-corrected chi connectivity index (χ4v) is 2.87. The maximum atomic E-state index is 12.0. The molecule has 7 nitrogen and oxygen atoms in total. The molecule has 0 unspecified atom stereocenters. The Morgan fingerprint density at radius 3 is 2.25 bits per heavy atom. The van der Waals surface area contributed by atoms with E-state index in [1.807, 2.05) is 0 Å². The van der Waals surface area contributed by atoms with E-state index in [4.69, 9.17) is 11.6 Å². The molecule has 134 valence electrons. The maximum absolute atomic E-state index is 12.0. The molecule has 0 aliphatic rings. The van der Waals surface area contributed by atoms with Gasteiger partial charge < -0.3 is 10.6 Å². The van der Waals surface area contributed by atoms with Gasteiger partial charge in [0.25, 0.3) is 0 Å². The molecule has 0 aliphatic carbocycles. The summed E-state index contributed by atoms with van der Waals surface area (Å²) in [6.45, 7) is 1.99. The number of sulfonamides is 1. The minimum atomic E-state index is -3.80. The van der Waals surface area contributed by atoms with Crippen molar-refractivity contribution >= 4 is 33.4 Å². The maximum Gasteiger partial charge on any atom is 0.241 e. The number of carbonyl (C=O) groups excluding carboxylic acids is 2. The van der Waals surface area contributed by atoms with Crippen molar-refractivity contribution in [3.63, 3.8) is 0 Å². The Balaban J connectivity index is 2.32. The summed E-state index contributed by atoms with van der Waals surface area (Å²) in [5, 5.41) is 5.44. The van der Waals surface area contributed by atoms with Crippen LogP contribution < -0.4 is 15.4 Å². The largest absolute Gasteiger partial charge is 0.355 e. The van der Waals surface area contributed by atoms with Gasteiger partial charge in [-0.3, -0.25) is 9.59 Å². The van der Waals surface area contributed by atoms with Crippen molar-refractivity contribution in [1.82, 2.24) is 15.4 Å². The lowest BCUT2D eigenvalue weighted by atomic mass is 10.2. The molecule has 2 amide bonds. The Morgan fingerprint density at radius 2 is 1.62 bits per heavy atom. The van der Waals surface area contributed by atoms with Crippen molar-refractivity contribution in [2.75, 3.05) is 19.6 Å². The second-order valence-corrected chi connectivity index (χ2v) is 7.32. The predicted octanol–water partition coefficient (Wildman–Crippen LogP) is 1.04. The molecule has 0 saturated carbocycles. The van der Waals surface area contributed by atoms with Gasteiger partial charge in [0.2, 0.25) is 21.8 Å². The van der Waals surface area contributed by atoms with E-state index in [-0.39, 0.29) is 17.3 Å². The van der Waals surface area contributed by atoms with Gasteiger partial charge in [0.1, 0.15) is 0 Å². The number of halogens is 1. The van der Waals surface area contributed by atoms with E-state index in [0.717, 1.165) is 19.3 Å². The number of unbranched alkanes of at least 4 members (excludes halogenated alkanes) is 2. The van der Waals surface area contributed by atoms with Crippen LogP contribution in [0, 0.1) is 0 Å². The molecule has 1 rings (SSSR count). The first kappa shape index (κ1) is 20.4. The van der Waals surface area contributed by atoms with E-state index < -0.39 is 22.5 Å². The first-order valence-corrected chi connectivity index (χ1v) is 9.50. The number of rotatable bonds is 10. The third kappa shape index (κ3) is 7.76. The van der Waals surface area contributed by atoms with Crippen molar-refractivity contribution in [3.05, 3.63) is 29.3 Å². The topological polar surface area (TPSA) is 104 Å². The highest BCUT2D eigenvalue weighted by Gasteiger charge is 2.15. The number of hydrogen-bond acceptors (Lipinski definition) is 4. The van der Waals surface area contributed by atoms with Crippen molar-refractivity contribution in [2.24, 2.45) is 0 Å². The van der Waals surface area contributed by atoms with Crippen LogP contribution in [0.2, 0.25) is 5.02 Å². The summed E-state index contributed by atoms with van der Waals surface area (Å²) in [5.74, 6) is -0.892. The summed E-state index contributed by atoms with van der Waals surface area (Å²) in [6, 6.07) is 5.57. The average Bonchev–Trinajstić information content (AvgIpc) is 2.55. The van der Waals surface area contributed by atoms with Crippen LogP contribution in [0.1, 0.15) is 26.2 Å². The summed E-state index contributed by atoms with van der Waals surface area (Å²) in [6.07, 6.45) is 2.97. The quantitative estimate of drug-likeness (QED) is 0.531. The molecule has 0 bridgehead atoms. The van der Waals surface area contributed by atoms with E-state index in [1.54, 1.807) is 0 Å². The number of carbonyl (C=O) groups is 2. The zero-order chi connectivity index (χ0) is 18.0. The summed E-state index contributed by atoms with van der Waals surface area (Å²) >= 11 is 5.70. The van der Waals surface area contributed by atoms with Crippen LogP contribution in [0.5, 0.6) is 0 Å². The zero-order valence-electron chi connectivity index (χ0n) is 13.5. The second kappa shape index (κ2) is 10.3. The highest BCUT2D eigenvalue weighted by molar-refractivity contribution is 7.89. The normalized spacial score (nSPS) is 11.1. The molecule has 1 aromatic rings. The summed E-state index contributed by atoms with van der Waals surface area (Å²) < 4.78 is 26.1. The molecule has 0 fully saturated rings. The summed E-state index contributed by atoms with van der Waals surface area (Å²) in [7, 11) is -3.80. The fraction of sp³-hybridized carbons (Fsp3) is 0.467. The lowest BCUT2D eigenvalue weighted by Gasteiger charge is -2.08. The van der Waals surface area contributed by atoms with Crippen LogP contribution in [-0.2, 0) is 19.6 Å². The molecule has 1 aromatic carbocycles. The van der Waals surface area contributed by atoms with Gasteiger partial charge in [0, 0.05) is 11.6 Å². The fourth-order valence-electron chi connectivity index (χ4n) is 1.76. The molecule has 0 heterocycles. The molecule has 0 atom stereocenters. The van der Waals surface area contributed by atoms with Crippen LogP contribution >= 0.6 is 11.6 Å². The Bertz CT molecular complexity index is 647. The minimum absolute atomic E-state index is 0.00775. The molecule has 0 saturated heterocycles. The van der Waals surface area contributed by atoms with Gasteiger partial charge in [0.15, 0.2) is 0 Å². The van der Waals surface area contributed by atoms with Gasteiger partial charge in [-0.25, -0.2) is 13.1 Å². The number of nitrogens with one attached hydrogen (secondary N) is 3. The Labute approximate surface area is 147 Å². The van der Waals surface area contributed by atoms with Gasteiger partial charge in [-0.2, -0.15) is 0 Å². The summed E-state index contributed by atoms with van der Waals surface area (Å²) in [4.78, 5) is 23.1. The van der Waals surface area contributed by atoms with E-state index in [9.17, 15) is 18.0 Å². The Kier molecular flexibility index (Phi) is 8.73. The Morgan fingerprint density at radius 1 is 1.00 bits per heavy atom. The zero-order valence-corrected chi connectivity index (χ0v) is 15.0. The molecule has 24 heavy (non-hydrogen) atoms. The highest BCUT2D eigenvalue weighted by atomic mass is 35.5. The van der Waals surface area contributed by atoms with Crippen molar-refractivity contribution in [2.45, 2.75) is 31.1 Å². The van der Waals surface area contributed by atoms with E-state index in [0.29, 0.717) is 11.6 Å². The molecule has 3 N–H and O–H groups in total. The number of hydrogen-bond donors (Lipinski definition) is 3. The third-order valence-electron chi connectivity index (χ3n) is 3.10. The third-order valence-corrected chi connectivity index (χ3v) is 4.76. The van der Waals surface area contributed by atoms with Gasteiger partial charge in [-0.05, 0) is 30.7 Å². The average molecular weight is 376 g/mol. The van der Waals surface area contributed by atoms with E-state index >= 15 is 0 Å². The molecular weight excluding hydrogens is 354 g/mol. The molecular formula is C15H22ClN3O4S. The second-order valence-electron chi connectivity index (χ2n) is 5.11. The summed E-state index contributed by atoms with van der Waals surface area (Å²) in [5.41, 5.74) is 0. The van der Waals surface area contributed by atoms with Crippen molar-refractivity contribution < 1.29 is 18.0 Å². The van der Waals surface area contributed by atoms with Crippen LogP contribution in [0.15, 0.2) is 29.2 Å². The number of benzene rings is 1. The standard InChI is InChI=1S/C15H22ClN3O4S/c1-2-3-4-9-17-14(20)10-18-15(21)11-19-24(22,23)13-7-5-12(16)6-8-13/h5-8,19H,2-4,9-11H2,1H3,(H,17,20)(H,18,21). The minimum Gasteiger partial charge on any atom is -0.355 e. The lowest BCUT2D eigenvalue weighted by molar-refractivity contribution is -0.125. The smallest absolute Gasteiger partial charge is 0.241 e. The SMILES string of the molecule is CCCCCNC(=O)CNC(=O)CNS(=O)(=O)c1ccc(Cl)cc1. The molecule has 0 spiro atoms. The van der Waals surface area contributed by atoms with Gasteiger partial charge in [-0.15, -0.1) is 0 Å². The predicted molar refractivity (Wildman–Crippen MR) is 92.2 cm³/mol. The monoisotopic (exact) mass is 375 g/mol. The van der Waals surface area contributed by atoms with Gasteiger partial charge >= 0.3 is 0 Å². The van der Waals surface area contributed by atoms with Crippen LogP contribution in [0.3, 0.4) is 0 Å². The van der Waals surface area contributed by atoms with Crippen molar-refractivity contribution in [3.8, 4) is 0 Å². The highest BCUT2D eigenvalue weighted by Crippen LogP contribution is 2.13. The van der Waals surface area contributed by atoms with Gasteiger partial charge in [0.05, 0.1) is 18.0 Å². The Hall–Kier alpha value is -1.64. The van der Waals surface area contributed by atoms with E-state index in [1.165, 1.54) is 24.3 Å². The van der Waals surface area contributed by atoms with Crippen LogP contribution in [0.4, 0.5) is 0 Å².